The normalized spacial score (nSPS) is 12.2. The van der Waals surface area contributed by atoms with Gasteiger partial charge in [-0.2, -0.15) is 0 Å². The Labute approximate surface area is 260 Å². The molecule has 1 heterocycles. The lowest BCUT2D eigenvalue weighted by Crippen LogP contribution is -1.98. The van der Waals surface area contributed by atoms with Gasteiger partial charge in [-0.25, -0.2) is 0 Å². The second kappa shape index (κ2) is 9.29. The quantitative estimate of drug-likeness (QED) is 0.192. The summed E-state index contributed by atoms with van der Waals surface area (Å²) in [5, 5.41) is 10.2. The molecule has 0 unspecified atom stereocenters. The fourth-order valence-electron chi connectivity index (χ4n) is 7.48. The first kappa shape index (κ1) is 24.5. The first-order chi connectivity index (χ1) is 22.3. The van der Waals surface area contributed by atoms with Crippen LogP contribution in [0.25, 0.3) is 87.6 Å². The van der Waals surface area contributed by atoms with Crippen molar-refractivity contribution in [3.05, 3.63) is 158 Å². The van der Waals surface area contributed by atoms with Crippen molar-refractivity contribution >= 4 is 43.1 Å². The highest BCUT2D eigenvalue weighted by molar-refractivity contribution is 6.23. The molecule has 9 aromatic rings. The number of benzene rings is 9. The van der Waals surface area contributed by atoms with Gasteiger partial charge in [0.05, 0.1) is 0 Å². The predicted octanol–water partition coefficient (Wildman–Crippen LogP) is 12.5. The molecule has 45 heavy (non-hydrogen) atoms. The zero-order chi connectivity index (χ0) is 29.5. The average molecular weight is 571 g/mol. The van der Waals surface area contributed by atoms with Crippen LogP contribution in [0, 0.1) is 0 Å². The van der Waals surface area contributed by atoms with Crippen LogP contribution in [0.15, 0.2) is 158 Å². The number of rotatable bonds is 3. The molecule has 0 bridgehead atoms. The molecule has 0 aromatic heterocycles. The summed E-state index contributed by atoms with van der Waals surface area (Å²) in [5.41, 5.74) is 9.55. The van der Waals surface area contributed by atoms with E-state index in [4.69, 9.17) is 4.74 Å². The summed E-state index contributed by atoms with van der Waals surface area (Å²) in [5.74, 6) is 1.81. The SMILES string of the molecule is c1ccc(-c2ccc3c(c2)Oc2ccc(-c4cccc(-c5cc6ccc7cccc8ccc(c5)c6c78)c4)c4cccc-3c24)cc1. The van der Waals surface area contributed by atoms with Crippen LogP contribution < -0.4 is 4.74 Å². The van der Waals surface area contributed by atoms with Crippen molar-refractivity contribution in [2.45, 2.75) is 0 Å². The molecule has 0 amide bonds. The van der Waals surface area contributed by atoms with Gasteiger partial charge in [0.25, 0.3) is 0 Å². The summed E-state index contributed by atoms with van der Waals surface area (Å²) in [6.45, 7) is 0. The fraction of sp³-hybridized carbons (Fsp3) is 0. The maximum Gasteiger partial charge on any atom is 0.135 e. The molecule has 0 radical (unpaired) electrons. The van der Waals surface area contributed by atoms with E-state index in [1.807, 2.05) is 6.07 Å². The third-order valence-corrected chi connectivity index (χ3v) is 9.57. The lowest BCUT2D eigenvalue weighted by Gasteiger charge is -2.23. The van der Waals surface area contributed by atoms with Gasteiger partial charge in [0, 0.05) is 10.9 Å². The molecule has 0 spiro atoms. The van der Waals surface area contributed by atoms with Crippen LogP contribution in [0.1, 0.15) is 0 Å². The van der Waals surface area contributed by atoms with E-state index in [2.05, 4.69) is 152 Å². The summed E-state index contributed by atoms with van der Waals surface area (Å²) >= 11 is 0. The summed E-state index contributed by atoms with van der Waals surface area (Å²) in [7, 11) is 0. The number of fused-ring (bicyclic) bond motifs is 2. The maximum absolute atomic E-state index is 6.59. The van der Waals surface area contributed by atoms with E-state index < -0.39 is 0 Å². The van der Waals surface area contributed by atoms with E-state index in [9.17, 15) is 0 Å². The molecule has 0 N–H and O–H groups in total. The summed E-state index contributed by atoms with van der Waals surface area (Å²) in [6, 6.07) is 57.3. The Kier molecular flexibility index (Phi) is 5.06. The summed E-state index contributed by atoms with van der Waals surface area (Å²) in [4.78, 5) is 0. The van der Waals surface area contributed by atoms with E-state index in [0.717, 1.165) is 22.6 Å². The first-order valence-corrected chi connectivity index (χ1v) is 15.5. The van der Waals surface area contributed by atoms with Crippen molar-refractivity contribution in [3.8, 4) is 56.0 Å². The Bertz CT molecular complexity index is 2550. The Morgan fingerprint density at radius 3 is 1.76 bits per heavy atom. The highest BCUT2D eigenvalue weighted by Crippen LogP contribution is 2.49. The van der Waals surface area contributed by atoms with Crippen LogP contribution >= 0.6 is 0 Å². The van der Waals surface area contributed by atoms with Crippen molar-refractivity contribution in [2.24, 2.45) is 0 Å². The van der Waals surface area contributed by atoms with Gasteiger partial charge in [-0.05, 0) is 113 Å². The van der Waals surface area contributed by atoms with Gasteiger partial charge in [0.2, 0.25) is 0 Å². The second-order valence-corrected chi connectivity index (χ2v) is 12.1. The van der Waals surface area contributed by atoms with Crippen molar-refractivity contribution in [1.82, 2.24) is 0 Å². The van der Waals surface area contributed by atoms with Crippen molar-refractivity contribution < 1.29 is 4.74 Å². The molecule has 1 nitrogen and oxygen atoms in total. The zero-order valence-electron chi connectivity index (χ0n) is 24.4. The number of hydrogen-bond donors (Lipinski definition) is 0. The van der Waals surface area contributed by atoms with Gasteiger partial charge in [0.1, 0.15) is 11.5 Å². The van der Waals surface area contributed by atoms with E-state index in [-0.39, 0.29) is 0 Å². The van der Waals surface area contributed by atoms with E-state index in [1.165, 1.54) is 76.5 Å². The van der Waals surface area contributed by atoms with Crippen LogP contribution in [0.2, 0.25) is 0 Å². The Hall–Kier alpha value is -5.92. The molecule has 0 saturated carbocycles. The Balaban J connectivity index is 1.10. The van der Waals surface area contributed by atoms with Crippen molar-refractivity contribution in [3.63, 3.8) is 0 Å². The average Bonchev–Trinajstić information content (AvgIpc) is 3.11. The zero-order valence-corrected chi connectivity index (χ0v) is 24.4. The van der Waals surface area contributed by atoms with Crippen LogP contribution in [-0.4, -0.2) is 0 Å². The third kappa shape index (κ3) is 3.68. The van der Waals surface area contributed by atoms with Crippen molar-refractivity contribution in [1.29, 1.82) is 0 Å². The molecule has 0 atom stereocenters. The van der Waals surface area contributed by atoms with Gasteiger partial charge in [-0.1, -0.05) is 121 Å². The molecule has 1 aliphatic rings. The lowest BCUT2D eigenvalue weighted by molar-refractivity contribution is 0.487. The molecule has 9 aromatic carbocycles. The molecule has 0 saturated heterocycles. The molecule has 10 rings (SSSR count). The summed E-state index contributed by atoms with van der Waals surface area (Å²) < 4.78 is 6.59. The van der Waals surface area contributed by atoms with Gasteiger partial charge in [-0.3, -0.25) is 0 Å². The van der Waals surface area contributed by atoms with Crippen LogP contribution in [0.4, 0.5) is 0 Å². The Morgan fingerprint density at radius 1 is 0.289 bits per heavy atom. The van der Waals surface area contributed by atoms with Gasteiger partial charge in [-0.15, -0.1) is 0 Å². The van der Waals surface area contributed by atoms with Crippen LogP contribution in [0.3, 0.4) is 0 Å². The van der Waals surface area contributed by atoms with Gasteiger partial charge >= 0.3 is 0 Å². The first-order valence-electron chi connectivity index (χ1n) is 15.5. The maximum atomic E-state index is 6.59. The van der Waals surface area contributed by atoms with Gasteiger partial charge in [0.15, 0.2) is 0 Å². The highest BCUT2D eigenvalue weighted by Gasteiger charge is 2.22. The van der Waals surface area contributed by atoms with E-state index in [0.29, 0.717) is 0 Å². The smallest absolute Gasteiger partial charge is 0.135 e. The second-order valence-electron chi connectivity index (χ2n) is 12.1. The molecule has 0 aliphatic carbocycles. The molecular weight excluding hydrogens is 544 g/mol. The molecule has 0 fully saturated rings. The highest BCUT2D eigenvalue weighted by atomic mass is 16.5. The molecule has 1 heteroatoms. The van der Waals surface area contributed by atoms with Crippen LogP contribution in [0.5, 0.6) is 11.5 Å². The Morgan fingerprint density at radius 2 is 0.933 bits per heavy atom. The predicted molar refractivity (Wildman–Crippen MR) is 189 cm³/mol. The van der Waals surface area contributed by atoms with E-state index >= 15 is 0 Å². The minimum atomic E-state index is 0.903. The topological polar surface area (TPSA) is 9.23 Å². The third-order valence-electron chi connectivity index (χ3n) is 9.57. The van der Waals surface area contributed by atoms with Crippen LogP contribution in [-0.2, 0) is 0 Å². The minimum absolute atomic E-state index is 0.903. The largest absolute Gasteiger partial charge is 0.456 e. The summed E-state index contributed by atoms with van der Waals surface area (Å²) in [6.07, 6.45) is 0. The molecule has 1 aliphatic heterocycles. The van der Waals surface area contributed by atoms with E-state index in [1.54, 1.807) is 0 Å². The molecular formula is C44H26O. The monoisotopic (exact) mass is 570 g/mol. The number of hydrogen-bond acceptors (Lipinski definition) is 1. The fourth-order valence-corrected chi connectivity index (χ4v) is 7.48. The standard InChI is InChI=1S/C44H26O/c1-2-7-27(8-3-1)31-19-20-37-39-14-6-13-38-36(21-22-40(44(38)39)45-41(37)26-31)32-12-5-11-30(23-32)35-24-33-17-15-28-9-4-10-29-16-18-34(25-35)43(33)42(28)29/h1-26H. The molecule has 208 valence electrons. The minimum Gasteiger partial charge on any atom is -0.456 e. The van der Waals surface area contributed by atoms with Crippen molar-refractivity contribution in [2.75, 3.05) is 0 Å². The lowest BCUT2D eigenvalue weighted by atomic mass is 9.88. The number of ether oxygens (including phenoxy) is 1. The van der Waals surface area contributed by atoms with Gasteiger partial charge < -0.3 is 4.74 Å².